The zero-order valence-corrected chi connectivity index (χ0v) is 9.80. The normalized spacial score (nSPS) is 38.8. The lowest BCUT2D eigenvalue weighted by atomic mass is 9.93. The van der Waals surface area contributed by atoms with Crippen molar-refractivity contribution in [1.82, 2.24) is 0 Å². The van der Waals surface area contributed by atoms with Crippen molar-refractivity contribution in [3.05, 3.63) is 35.5 Å². The van der Waals surface area contributed by atoms with Gasteiger partial charge in [-0.15, -0.1) is 0 Å². The summed E-state index contributed by atoms with van der Waals surface area (Å²) < 4.78 is 16.2. The van der Waals surface area contributed by atoms with E-state index in [1.165, 1.54) is 13.2 Å². The highest BCUT2D eigenvalue weighted by Gasteiger charge is 2.43. The van der Waals surface area contributed by atoms with Crippen LogP contribution in [0.1, 0.15) is 13.3 Å². The summed E-state index contributed by atoms with van der Waals surface area (Å²) in [5.41, 5.74) is 0. The SMILES string of the molecule is COC1=CC(=O)O/C1=C1/O[C@H]2CC=C[C@H]2[C@@H]1C. The first-order chi connectivity index (χ1) is 8.20. The predicted molar refractivity (Wildman–Crippen MR) is 59.5 cm³/mol. The predicted octanol–water partition coefficient (Wildman–Crippen LogP) is 1.90. The summed E-state index contributed by atoms with van der Waals surface area (Å²) in [5, 5.41) is 0. The first kappa shape index (κ1) is 10.4. The monoisotopic (exact) mass is 234 g/mol. The molecule has 0 N–H and O–H groups in total. The number of ether oxygens (including phenoxy) is 3. The van der Waals surface area contributed by atoms with Crippen molar-refractivity contribution >= 4 is 5.97 Å². The zero-order chi connectivity index (χ0) is 12.0. The number of esters is 1. The van der Waals surface area contributed by atoms with Crippen LogP contribution in [0.2, 0.25) is 0 Å². The van der Waals surface area contributed by atoms with Crippen LogP contribution in [-0.2, 0) is 19.0 Å². The summed E-state index contributed by atoms with van der Waals surface area (Å²) >= 11 is 0. The van der Waals surface area contributed by atoms with E-state index in [-0.39, 0.29) is 12.0 Å². The number of cyclic esters (lactones) is 1. The largest absolute Gasteiger partial charge is 0.492 e. The summed E-state index contributed by atoms with van der Waals surface area (Å²) in [7, 11) is 1.52. The Morgan fingerprint density at radius 3 is 3.00 bits per heavy atom. The first-order valence-electron chi connectivity index (χ1n) is 5.76. The number of carbonyl (C=O) groups excluding carboxylic acids is 1. The minimum absolute atomic E-state index is 0.185. The summed E-state index contributed by atoms with van der Waals surface area (Å²) in [6, 6.07) is 0. The Kier molecular flexibility index (Phi) is 2.24. The van der Waals surface area contributed by atoms with Crippen molar-refractivity contribution in [3.63, 3.8) is 0 Å². The van der Waals surface area contributed by atoms with Crippen LogP contribution in [0.15, 0.2) is 35.5 Å². The standard InChI is InChI=1S/C13H14O4/c1-7-8-4-3-5-9(8)16-12(7)13-10(15-2)6-11(14)17-13/h3-4,6-9H,5H2,1-2H3/b13-12+/t7-,8-,9-/m0/s1. The number of hydrogen-bond acceptors (Lipinski definition) is 4. The smallest absolute Gasteiger partial charge is 0.340 e. The summed E-state index contributed by atoms with van der Waals surface area (Å²) in [6.07, 6.45) is 6.77. The van der Waals surface area contributed by atoms with E-state index in [4.69, 9.17) is 14.2 Å². The van der Waals surface area contributed by atoms with Crippen molar-refractivity contribution in [3.8, 4) is 0 Å². The molecule has 0 saturated carbocycles. The maximum Gasteiger partial charge on any atom is 0.340 e. The lowest BCUT2D eigenvalue weighted by Crippen LogP contribution is -2.11. The Labute approximate surface area is 99.5 Å². The fraction of sp³-hybridized carbons (Fsp3) is 0.462. The third-order valence-electron chi connectivity index (χ3n) is 3.54. The molecule has 3 atom stereocenters. The molecule has 0 amide bonds. The van der Waals surface area contributed by atoms with Gasteiger partial charge in [0.25, 0.3) is 0 Å². The minimum Gasteiger partial charge on any atom is -0.492 e. The lowest BCUT2D eigenvalue weighted by molar-refractivity contribution is -0.132. The Morgan fingerprint density at radius 2 is 2.29 bits per heavy atom. The molecule has 2 aliphatic heterocycles. The zero-order valence-electron chi connectivity index (χ0n) is 9.80. The van der Waals surface area contributed by atoms with E-state index < -0.39 is 5.97 Å². The number of rotatable bonds is 1. The van der Waals surface area contributed by atoms with Gasteiger partial charge in [-0.2, -0.15) is 0 Å². The molecule has 0 aromatic rings. The Bertz CT molecular complexity index is 458. The van der Waals surface area contributed by atoms with E-state index in [0.29, 0.717) is 17.4 Å². The van der Waals surface area contributed by atoms with Gasteiger partial charge in [0.2, 0.25) is 5.76 Å². The van der Waals surface area contributed by atoms with Crippen molar-refractivity contribution in [1.29, 1.82) is 0 Å². The fourth-order valence-corrected chi connectivity index (χ4v) is 2.65. The molecule has 1 aliphatic carbocycles. The van der Waals surface area contributed by atoms with E-state index in [0.717, 1.165) is 12.2 Å². The highest BCUT2D eigenvalue weighted by molar-refractivity contribution is 5.87. The van der Waals surface area contributed by atoms with E-state index >= 15 is 0 Å². The van der Waals surface area contributed by atoms with E-state index in [1.54, 1.807) is 0 Å². The van der Waals surface area contributed by atoms with Crippen molar-refractivity contribution in [2.24, 2.45) is 11.8 Å². The van der Waals surface area contributed by atoms with Crippen LogP contribution in [0.5, 0.6) is 0 Å². The van der Waals surface area contributed by atoms with Gasteiger partial charge in [0.05, 0.1) is 13.2 Å². The third-order valence-corrected chi connectivity index (χ3v) is 3.54. The topological polar surface area (TPSA) is 44.8 Å². The number of methoxy groups -OCH3 is 1. The van der Waals surface area contributed by atoms with Crippen LogP contribution in [0.25, 0.3) is 0 Å². The molecule has 4 nitrogen and oxygen atoms in total. The molecule has 3 aliphatic rings. The van der Waals surface area contributed by atoms with Gasteiger partial charge in [0.15, 0.2) is 5.76 Å². The second-order valence-electron chi connectivity index (χ2n) is 4.51. The maximum atomic E-state index is 11.3. The molecule has 0 aromatic heterocycles. The number of allylic oxidation sites excluding steroid dienone is 1. The number of carbonyl (C=O) groups is 1. The Balaban J connectivity index is 1.97. The number of hydrogen-bond donors (Lipinski definition) is 0. The van der Waals surface area contributed by atoms with Gasteiger partial charge in [0, 0.05) is 18.3 Å². The highest BCUT2D eigenvalue weighted by atomic mass is 16.6. The van der Waals surface area contributed by atoms with Crippen LogP contribution >= 0.6 is 0 Å². The van der Waals surface area contributed by atoms with Crippen LogP contribution in [0.3, 0.4) is 0 Å². The minimum atomic E-state index is -0.396. The maximum absolute atomic E-state index is 11.3. The van der Waals surface area contributed by atoms with Gasteiger partial charge in [-0.25, -0.2) is 4.79 Å². The molecule has 2 heterocycles. The molecule has 0 aromatic carbocycles. The van der Waals surface area contributed by atoms with Gasteiger partial charge < -0.3 is 14.2 Å². The summed E-state index contributed by atoms with van der Waals surface area (Å²) in [6.45, 7) is 2.09. The molecule has 17 heavy (non-hydrogen) atoms. The quantitative estimate of drug-likeness (QED) is 0.513. The summed E-state index contributed by atoms with van der Waals surface area (Å²) in [4.78, 5) is 11.3. The van der Waals surface area contributed by atoms with E-state index in [2.05, 4.69) is 19.1 Å². The van der Waals surface area contributed by atoms with Crippen LogP contribution < -0.4 is 0 Å². The molecule has 0 unspecified atom stereocenters. The molecule has 90 valence electrons. The summed E-state index contributed by atoms with van der Waals surface area (Å²) in [5.74, 6) is 1.86. The molecular weight excluding hydrogens is 220 g/mol. The second-order valence-corrected chi connectivity index (χ2v) is 4.51. The van der Waals surface area contributed by atoms with Crippen LogP contribution in [0, 0.1) is 11.8 Å². The van der Waals surface area contributed by atoms with Crippen LogP contribution in [0.4, 0.5) is 0 Å². The second kappa shape index (κ2) is 3.65. The van der Waals surface area contributed by atoms with E-state index in [9.17, 15) is 4.79 Å². The Morgan fingerprint density at radius 1 is 1.47 bits per heavy atom. The van der Waals surface area contributed by atoms with Gasteiger partial charge >= 0.3 is 5.97 Å². The molecular formula is C13H14O4. The molecule has 1 saturated heterocycles. The van der Waals surface area contributed by atoms with E-state index in [1.807, 2.05) is 0 Å². The van der Waals surface area contributed by atoms with Crippen molar-refractivity contribution < 1.29 is 19.0 Å². The third kappa shape index (κ3) is 1.47. The van der Waals surface area contributed by atoms with Gasteiger partial charge in [0.1, 0.15) is 11.9 Å². The molecule has 0 bridgehead atoms. The molecule has 4 heteroatoms. The van der Waals surface area contributed by atoms with Crippen molar-refractivity contribution in [2.45, 2.75) is 19.4 Å². The average molecular weight is 234 g/mol. The molecule has 0 radical (unpaired) electrons. The molecule has 3 rings (SSSR count). The molecule has 0 spiro atoms. The first-order valence-corrected chi connectivity index (χ1v) is 5.76. The fourth-order valence-electron chi connectivity index (χ4n) is 2.65. The number of fused-ring (bicyclic) bond motifs is 1. The van der Waals surface area contributed by atoms with Crippen LogP contribution in [-0.4, -0.2) is 19.2 Å². The van der Waals surface area contributed by atoms with Gasteiger partial charge in [-0.3, -0.25) is 0 Å². The van der Waals surface area contributed by atoms with Crippen molar-refractivity contribution in [2.75, 3.05) is 7.11 Å². The molecule has 1 fully saturated rings. The highest BCUT2D eigenvalue weighted by Crippen LogP contribution is 2.44. The average Bonchev–Trinajstić information content (AvgIpc) is 2.95. The van der Waals surface area contributed by atoms with Gasteiger partial charge in [-0.1, -0.05) is 19.1 Å². The van der Waals surface area contributed by atoms with Gasteiger partial charge in [-0.05, 0) is 0 Å². The lowest BCUT2D eigenvalue weighted by Gasteiger charge is -2.11. The Hall–Kier alpha value is -1.71.